The van der Waals surface area contributed by atoms with Crippen LogP contribution in [0, 0.1) is 13.8 Å². The van der Waals surface area contributed by atoms with E-state index in [4.69, 9.17) is 0 Å². The Morgan fingerprint density at radius 2 is 1.59 bits per heavy atom. The Hall–Kier alpha value is -3.41. The maximum Gasteiger partial charge on any atom is 0.354 e. The molecule has 27 heavy (non-hydrogen) atoms. The molecule has 0 saturated heterocycles. The lowest BCUT2D eigenvalue weighted by Gasteiger charge is -2.11. The van der Waals surface area contributed by atoms with Gasteiger partial charge in [0.05, 0.1) is 20.3 Å². The van der Waals surface area contributed by atoms with Gasteiger partial charge >= 0.3 is 11.9 Å². The summed E-state index contributed by atoms with van der Waals surface area (Å²) in [4.78, 5) is 36.1. The molecule has 0 aliphatic carbocycles. The van der Waals surface area contributed by atoms with Crippen LogP contribution in [0.4, 0.5) is 5.69 Å². The molecule has 0 spiro atoms. The molecule has 0 aromatic heterocycles. The van der Waals surface area contributed by atoms with Gasteiger partial charge in [0.25, 0.3) is 0 Å². The van der Waals surface area contributed by atoms with Gasteiger partial charge in [-0.3, -0.25) is 4.79 Å². The van der Waals surface area contributed by atoms with E-state index >= 15 is 0 Å². The third-order valence-corrected chi connectivity index (χ3v) is 4.04. The molecule has 1 N–H and O–H groups in total. The van der Waals surface area contributed by atoms with E-state index in [-0.39, 0.29) is 11.5 Å². The summed E-state index contributed by atoms with van der Waals surface area (Å²) in [5, 5.41) is 2.80. The molecule has 0 aliphatic heterocycles. The predicted molar refractivity (Wildman–Crippen MR) is 102 cm³/mol. The molecule has 0 atom stereocenters. The quantitative estimate of drug-likeness (QED) is 0.480. The Balaban J connectivity index is 2.31. The summed E-state index contributed by atoms with van der Waals surface area (Å²) in [5.74, 6) is -1.57. The van der Waals surface area contributed by atoms with Crippen LogP contribution in [0.15, 0.2) is 54.2 Å². The van der Waals surface area contributed by atoms with Crippen molar-refractivity contribution in [1.82, 2.24) is 0 Å². The number of aryl methyl sites for hydroxylation is 2. The van der Waals surface area contributed by atoms with Crippen LogP contribution in [0.25, 0.3) is 0 Å². The van der Waals surface area contributed by atoms with Gasteiger partial charge in [-0.1, -0.05) is 24.3 Å². The predicted octanol–water partition coefficient (Wildman–Crippen LogP) is 3.18. The van der Waals surface area contributed by atoms with E-state index in [0.717, 1.165) is 17.2 Å². The summed E-state index contributed by atoms with van der Waals surface area (Å²) in [6.45, 7) is 3.93. The number of ketones is 1. The van der Waals surface area contributed by atoms with Crippen LogP contribution in [0.1, 0.15) is 27.0 Å². The fraction of sp³-hybridized carbons (Fsp3) is 0.190. The second-order valence-electron chi connectivity index (χ2n) is 5.91. The van der Waals surface area contributed by atoms with E-state index in [1.165, 1.54) is 14.2 Å². The first-order valence-electron chi connectivity index (χ1n) is 8.22. The van der Waals surface area contributed by atoms with Crippen molar-refractivity contribution >= 4 is 23.4 Å². The third-order valence-electron chi connectivity index (χ3n) is 4.04. The zero-order valence-electron chi connectivity index (χ0n) is 15.7. The molecule has 2 aromatic carbocycles. The third kappa shape index (κ3) is 5.04. The minimum atomic E-state index is -0.730. The molecule has 0 saturated carbocycles. The normalized spacial score (nSPS) is 10.9. The monoisotopic (exact) mass is 367 g/mol. The first kappa shape index (κ1) is 19.9. The molecule has 0 radical (unpaired) electrons. The van der Waals surface area contributed by atoms with Gasteiger partial charge in [-0.25, -0.2) is 9.59 Å². The minimum Gasteiger partial charge on any atom is -0.466 e. The summed E-state index contributed by atoms with van der Waals surface area (Å²) in [7, 11) is 2.41. The van der Waals surface area contributed by atoms with E-state index in [1.807, 2.05) is 26.0 Å². The molecule has 0 amide bonds. The number of anilines is 1. The highest BCUT2D eigenvalue weighted by atomic mass is 16.5. The Bertz CT molecular complexity index is 915. The van der Waals surface area contributed by atoms with Gasteiger partial charge in [-0.15, -0.1) is 0 Å². The van der Waals surface area contributed by atoms with Crippen LogP contribution in [-0.2, 0) is 19.1 Å². The van der Waals surface area contributed by atoms with Crippen LogP contribution in [0.3, 0.4) is 0 Å². The zero-order valence-corrected chi connectivity index (χ0v) is 15.7. The molecule has 140 valence electrons. The van der Waals surface area contributed by atoms with Gasteiger partial charge in [0.15, 0.2) is 5.78 Å². The van der Waals surface area contributed by atoms with Gasteiger partial charge in [-0.2, -0.15) is 0 Å². The fourth-order valence-electron chi connectivity index (χ4n) is 2.38. The molecule has 2 rings (SSSR count). The SMILES string of the molecule is COC(=O)/C=C(/Nc1cccc(C(=O)c2ccc(C)c(C)c2)c1)C(=O)OC. The standard InChI is InChI=1S/C21H21NO5/c1-13-8-9-16(10-14(13)2)20(24)15-6-5-7-17(11-15)22-18(21(25)27-4)12-19(23)26-3/h5-12,22H,1-4H3/b18-12+. The number of benzene rings is 2. The van der Waals surface area contributed by atoms with Gasteiger partial charge < -0.3 is 14.8 Å². The number of carbonyl (C=O) groups excluding carboxylic acids is 3. The number of hydrogen-bond donors (Lipinski definition) is 1. The van der Waals surface area contributed by atoms with Crippen LogP contribution in [0.2, 0.25) is 0 Å². The lowest BCUT2D eigenvalue weighted by atomic mass is 9.99. The summed E-state index contributed by atoms with van der Waals surface area (Å²) < 4.78 is 9.19. The number of hydrogen-bond acceptors (Lipinski definition) is 6. The number of nitrogens with one attached hydrogen (secondary N) is 1. The summed E-state index contributed by atoms with van der Waals surface area (Å²) in [6, 6.07) is 12.2. The zero-order chi connectivity index (χ0) is 20.0. The molecule has 0 unspecified atom stereocenters. The fourth-order valence-corrected chi connectivity index (χ4v) is 2.38. The minimum absolute atomic E-state index is 0.0971. The summed E-state index contributed by atoms with van der Waals surface area (Å²) in [5.41, 5.74) is 3.53. The van der Waals surface area contributed by atoms with Crippen molar-refractivity contribution in [2.45, 2.75) is 13.8 Å². The van der Waals surface area contributed by atoms with Crippen molar-refractivity contribution in [3.63, 3.8) is 0 Å². The molecule has 2 aromatic rings. The molecule has 0 fully saturated rings. The Morgan fingerprint density at radius 1 is 0.889 bits per heavy atom. The lowest BCUT2D eigenvalue weighted by Crippen LogP contribution is -2.15. The van der Waals surface area contributed by atoms with Gasteiger partial charge in [0, 0.05) is 16.8 Å². The highest BCUT2D eigenvalue weighted by Gasteiger charge is 2.15. The van der Waals surface area contributed by atoms with Crippen molar-refractivity contribution in [2.75, 3.05) is 19.5 Å². The molecule has 0 aliphatic rings. The van der Waals surface area contributed by atoms with Crippen LogP contribution < -0.4 is 5.32 Å². The number of carbonyl (C=O) groups is 3. The van der Waals surface area contributed by atoms with Crippen molar-refractivity contribution in [3.8, 4) is 0 Å². The first-order valence-corrected chi connectivity index (χ1v) is 8.22. The van der Waals surface area contributed by atoms with Crippen LogP contribution in [-0.4, -0.2) is 31.9 Å². The molecule has 0 heterocycles. The van der Waals surface area contributed by atoms with Gasteiger partial charge in [0.1, 0.15) is 5.70 Å². The topological polar surface area (TPSA) is 81.7 Å². The van der Waals surface area contributed by atoms with Gasteiger partial charge in [-0.05, 0) is 43.2 Å². The van der Waals surface area contributed by atoms with Crippen molar-refractivity contribution in [2.24, 2.45) is 0 Å². The Kier molecular flexibility index (Phi) is 6.49. The summed E-state index contributed by atoms with van der Waals surface area (Å²) >= 11 is 0. The molecule has 6 nitrogen and oxygen atoms in total. The average molecular weight is 367 g/mol. The van der Waals surface area contributed by atoms with Crippen molar-refractivity contribution in [1.29, 1.82) is 0 Å². The van der Waals surface area contributed by atoms with E-state index in [0.29, 0.717) is 16.8 Å². The Labute approximate surface area is 157 Å². The number of methoxy groups -OCH3 is 2. The van der Waals surface area contributed by atoms with E-state index in [9.17, 15) is 14.4 Å². The maximum atomic E-state index is 12.8. The highest BCUT2D eigenvalue weighted by molar-refractivity contribution is 6.09. The maximum absolute atomic E-state index is 12.8. The lowest BCUT2D eigenvalue weighted by molar-refractivity contribution is -0.138. The molecule has 6 heteroatoms. The average Bonchev–Trinajstić information content (AvgIpc) is 2.68. The molecule has 0 bridgehead atoms. The molecular formula is C21H21NO5. The van der Waals surface area contributed by atoms with Crippen LogP contribution in [0.5, 0.6) is 0 Å². The number of rotatable bonds is 6. The second kappa shape index (κ2) is 8.80. The highest BCUT2D eigenvalue weighted by Crippen LogP contribution is 2.18. The second-order valence-corrected chi connectivity index (χ2v) is 5.91. The first-order chi connectivity index (χ1) is 12.8. The van der Waals surface area contributed by atoms with Gasteiger partial charge in [0.2, 0.25) is 0 Å². The largest absolute Gasteiger partial charge is 0.466 e. The smallest absolute Gasteiger partial charge is 0.354 e. The number of esters is 2. The molecular weight excluding hydrogens is 346 g/mol. The van der Waals surface area contributed by atoms with E-state index in [2.05, 4.69) is 14.8 Å². The van der Waals surface area contributed by atoms with Crippen molar-refractivity contribution < 1.29 is 23.9 Å². The van der Waals surface area contributed by atoms with E-state index in [1.54, 1.807) is 30.3 Å². The van der Waals surface area contributed by atoms with E-state index < -0.39 is 11.9 Å². The van der Waals surface area contributed by atoms with Crippen LogP contribution >= 0.6 is 0 Å². The Morgan fingerprint density at radius 3 is 2.22 bits per heavy atom. The summed E-state index contributed by atoms with van der Waals surface area (Å²) in [6.07, 6.45) is 0.990. The van der Waals surface area contributed by atoms with Crippen molar-refractivity contribution in [3.05, 3.63) is 76.5 Å². The number of ether oxygens (including phenoxy) is 2.